The molecule has 0 spiro atoms. The lowest BCUT2D eigenvalue weighted by Crippen LogP contribution is -2.23. The van der Waals surface area contributed by atoms with Crippen molar-refractivity contribution in [3.63, 3.8) is 0 Å². The van der Waals surface area contributed by atoms with E-state index in [1.807, 2.05) is 0 Å². The van der Waals surface area contributed by atoms with Crippen LogP contribution < -0.4 is 5.73 Å². The first-order chi connectivity index (χ1) is 6.12. The molecule has 0 atom stereocenters. The third-order valence-electron chi connectivity index (χ3n) is 2.14. The number of aliphatic hydroxyl groups excluding tert-OH is 1. The molecule has 0 fully saturated rings. The van der Waals surface area contributed by atoms with Crippen LogP contribution in [0.15, 0.2) is 0 Å². The summed E-state index contributed by atoms with van der Waals surface area (Å²) in [5, 5.41) is 8.49. The Kier molecular flexibility index (Phi) is 7.23. The SMILES string of the molecule is CC(C)(CN)CCCOCCCO. The average molecular weight is 189 g/mol. The molecule has 0 aliphatic heterocycles. The van der Waals surface area contributed by atoms with Gasteiger partial charge in [0.25, 0.3) is 0 Å². The zero-order valence-corrected chi connectivity index (χ0v) is 8.88. The highest BCUT2D eigenvalue weighted by atomic mass is 16.5. The molecular weight excluding hydrogens is 166 g/mol. The summed E-state index contributed by atoms with van der Waals surface area (Å²) in [5.74, 6) is 0. The van der Waals surface area contributed by atoms with Gasteiger partial charge in [-0.3, -0.25) is 0 Å². The van der Waals surface area contributed by atoms with Crippen molar-refractivity contribution in [1.29, 1.82) is 0 Å². The first-order valence-electron chi connectivity index (χ1n) is 5.01. The second kappa shape index (κ2) is 7.30. The molecule has 0 aromatic carbocycles. The van der Waals surface area contributed by atoms with Crippen LogP contribution in [0.4, 0.5) is 0 Å². The summed E-state index contributed by atoms with van der Waals surface area (Å²) in [7, 11) is 0. The van der Waals surface area contributed by atoms with Crippen molar-refractivity contribution in [2.75, 3.05) is 26.4 Å². The van der Waals surface area contributed by atoms with Crippen LogP contribution in [-0.2, 0) is 4.74 Å². The predicted octanol–water partition coefficient (Wildman–Crippen LogP) is 1.15. The molecular formula is C10H23NO2. The van der Waals surface area contributed by atoms with Crippen LogP contribution in [0.5, 0.6) is 0 Å². The lowest BCUT2D eigenvalue weighted by molar-refractivity contribution is 0.106. The molecule has 0 unspecified atom stereocenters. The van der Waals surface area contributed by atoms with Crippen LogP contribution in [0.1, 0.15) is 33.1 Å². The van der Waals surface area contributed by atoms with Gasteiger partial charge in [0.2, 0.25) is 0 Å². The Hall–Kier alpha value is -0.120. The summed E-state index contributed by atoms with van der Waals surface area (Å²) in [5.41, 5.74) is 5.83. The van der Waals surface area contributed by atoms with Crippen molar-refractivity contribution in [3.8, 4) is 0 Å². The molecule has 3 nitrogen and oxygen atoms in total. The summed E-state index contributed by atoms with van der Waals surface area (Å²) in [6, 6.07) is 0. The molecule has 0 amide bonds. The third-order valence-corrected chi connectivity index (χ3v) is 2.14. The van der Waals surface area contributed by atoms with E-state index in [9.17, 15) is 0 Å². The van der Waals surface area contributed by atoms with E-state index in [1.54, 1.807) is 0 Å². The number of hydrogen-bond acceptors (Lipinski definition) is 3. The monoisotopic (exact) mass is 189 g/mol. The van der Waals surface area contributed by atoms with Crippen molar-refractivity contribution in [2.24, 2.45) is 11.1 Å². The van der Waals surface area contributed by atoms with Gasteiger partial charge in [-0.05, 0) is 31.2 Å². The van der Waals surface area contributed by atoms with Gasteiger partial charge in [0.1, 0.15) is 0 Å². The van der Waals surface area contributed by atoms with Crippen LogP contribution in [0, 0.1) is 5.41 Å². The van der Waals surface area contributed by atoms with E-state index in [4.69, 9.17) is 15.6 Å². The van der Waals surface area contributed by atoms with Gasteiger partial charge in [0, 0.05) is 19.8 Å². The molecule has 0 aliphatic carbocycles. The number of aliphatic hydroxyl groups is 1. The molecule has 3 N–H and O–H groups in total. The fourth-order valence-electron chi connectivity index (χ4n) is 1.02. The topological polar surface area (TPSA) is 55.5 Å². The summed E-state index contributed by atoms with van der Waals surface area (Å²) in [6.07, 6.45) is 2.89. The molecule has 0 aromatic heterocycles. The highest BCUT2D eigenvalue weighted by molar-refractivity contribution is 4.68. The molecule has 0 aliphatic rings. The maximum absolute atomic E-state index is 8.49. The smallest absolute Gasteiger partial charge is 0.0487 e. The van der Waals surface area contributed by atoms with Crippen LogP contribution in [-0.4, -0.2) is 31.5 Å². The molecule has 80 valence electrons. The van der Waals surface area contributed by atoms with Crippen LogP contribution in [0.3, 0.4) is 0 Å². The summed E-state index contributed by atoms with van der Waals surface area (Å²) < 4.78 is 5.31. The Balaban J connectivity index is 3.16. The van der Waals surface area contributed by atoms with Crippen molar-refractivity contribution >= 4 is 0 Å². The highest BCUT2D eigenvalue weighted by Gasteiger charge is 2.14. The zero-order valence-electron chi connectivity index (χ0n) is 8.88. The summed E-state index contributed by atoms with van der Waals surface area (Å²) in [4.78, 5) is 0. The van der Waals surface area contributed by atoms with Crippen molar-refractivity contribution < 1.29 is 9.84 Å². The van der Waals surface area contributed by atoms with E-state index in [0.29, 0.717) is 6.61 Å². The lowest BCUT2D eigenvalue weighted by Gasteiger charge is -2.21. The van der Waals surface area contributed by atoms with Gasteiger partial charge < -0.3 is 15.6 Å². The maximum atomic E-state index is 8.49. The molecule has 0 radical (unpaired) electrons. The van der Waals surface area contributed by atoms with E-state index >= 15 is 0 Å². The third kappa shape index (κ3) is 8.22. The Morgan fingerprint density at radius 2 is 1.85 bits per heavy atom. The molecule has 0 heterocycles. The first kappa shape index (κ1) is 12.9. The molecule has 0 rings (SSSR count). The second-order valence-corrected chi connectivity index (χ2v) is 4.16. The molecule has 0 saturated heterocycles. The number of hydrogen-bond donors (Lipinski definition) is 2. The fraction of sp³-hybridized carbons (Fsp3) is 1.00. The van der Waals surface area contributed by atoms with Gasteiger partial charge in [0.05, 0.1) is 0 Å². The van der Waals surface area contributed by atoms with E-state index in [1.165, 1.54) is 0 Å². The summed E-state index contributed by atoms with van der Waals surface area (Å²) in [6.45, 7) is 6.72. The van der Waals surface area contributed by atoms with Gasteiger partial charge in [0.15, 0.2) is 0 Å². The maximum Gasteiger partial charge on any atom is 0.0487 e. The molecule has 13 heavy (non-hydrogen) atoms. The lowest BCUT2D eigenvalue weighted by atomic mass is 9.88. The minimum Gasteiger partial charge on any atom is -0.396 e. The molecule has 0 aromatic rings. The van der Waals surface area contributed by atoms with Crippen LogP contribution in [0.2, 0.25) is 0 Å². The average Bonchev–Trinajstić information content (AvgIpc) is 2.11. The predicted molar refractivity (Wildman–Crippen MR) is 54.6 cm³/mol. The van der Waals surface area contributed by atoms with Gasteiger partial charge in [-0.2, -0.15) is 0 Å². The number of ether oxygens (including phenoxy) is 1. The Labute approximate surface area is 81.3 Å². The largest absolute Gasteiger partial charge is 0.396 e. The van der Waals surface area contributed by atoms with Crippen molar-refractivity contribution in [3.05, 3.63) is 0 Å². The minimum absolute atomic E-state index is 0.217. The van der Waals surface area contributed by atoms with E-state index in [-0.39, 0.29) is 12.0 Å². The van der Waals surface area contributed by atoms with Crippen molar-refractivity contribution in [2.45, 2.75) is 33.1 Å². The van der Waals surface area contributed by atoms with Crippen molar-refractivity contribution in [1.82, 2.24) is 0 Å². The van der Waals surface area contributed by atoms with Crippen LogP contribution in [0.25, 0.3) is 0 Å². The molecule has 0 bridgehead atoms. The second-order valence-electron chi connectivity index (χ2n) is 4.16. The Morgan fingerprint density at radius 1 is 1.23 bits per heavy atom. The van der Waals surface area contributed by atoms with Gasteiger partial charge in [-0.15, -0.1) is 0 Å². The standard InChI is InChI=1S/C10H23NO2/c1-10(2,9-11)5-3-7-13-8-4-6-12/h12H,3-9,11H2,1-2H3. The van der Waals surface area contributed by atoms with Gasteiger partial charge >= 0.3 is 0 Å². The molecule has 0 saturated carbocycles. The quantitative estimate of drug-likeness (QED) is 0.563. The van der Waals surface area contributed by atoms with Crippen LogP contribution >= 0.6 is 0 Å². The molecule has 3 heteroatoms. The van der Waals surface area contributed by atoms with E-state index in [0.717, 1.165) is 32.4 Å². The zero-order chi connectivity index (χ0) is 10.2. The van der Waals surface area contributed by atoms with Gasteiger partial charge in [-0.25, -0.2) is 0 Å². The Bertz CT molecular complexity index is 115. The summed E-state index contributed by atoms with van der Waals surface area (Å²) >= 11 is 0. The van der Waals surface area contributed by atoms with E-state index < -0.39 is 0 Å². The fourth-order valence-corrected chi connectivity index (χ4v) is 1.02. The normalized spacial score (nSPS) is 12.0. The minimum atomic E-state index is 0.217. The van der Waals surface area contributed by atoms with Gasteiger partial charge in [-0.1, -0.05) is 13.8 Å². The first-order valence-corrected chi connectivity index (χ1v) is 5.01. The number of nitrogens with two attached hydrogens (primary N) is 1. The number of rotatable bonds is 8. The van der Waals surface area contributed by atoms with E-state index in [2.05, 4.69) is 13.8 Å². The highest BCUT2D eigenvalue weighted by Crippen LogP contribution is 2.19. The Morgan fingerprint density at radius 3 is 2.38 bits per heavy atom.